The molecule has 1 aliphatic heterocycles. The molecule has 3 N–H and O–H groups in total. The van der Waals surface area contributed by atoms with Crippen LogP contribution in [0.25, 0.3) is 0 Å². The number of amides is 1. The lowest BCUT2D eigenvalue weighted by Gasteiger charge is -2.39. The van der Waals surface area contributed by atoms with Crippen molar-refractivity contribution in [3.05, 3.63) is 0 Å². The van der Waals surface area contributed by atoms with E-state index in [0.29, 0.717) is 25.9 Å². The Bertz CT molecular complexity index is 322. The van der Waals surface area contributed by atoms with E-state index in [1.165, 1.54) is 7.11 Å². The minimum atomic E-state index is -0.788. The lowest BCUT2D eigenvalue weighted by atomic mass is 9.90. The molecule has 1 aliphatic rings. The van der Waals surface area contributed by atoms with Gasteiger partial charge in [-0.1, -0.05) is 5.16 Å². The Morgan fingerprint density at radius 2 is 2.00 bits per heavy atom. The molecule has 0 aromatic carbocycles. The number of carbonyl (C=O) groups excluding carboxylic acids is 1. The number of amidine groups is 1. The summed E-state index contributed by atoms with van der Waals surface area (Å²) in [6.07, 6.45) is 0.476. The highest BCUT2D eigenvalue weighted by molar-refractivity contribution is 5.88. The molecular weight excluding hydrogens is 238 g/mol. The van der Waals surface area contributed by atoms with Gasteiger partial charge >= 0.3 is 6.09 Å². The Hall–Kier alpha value is -1.50. The minimum Gasteiger partial charge on any atom is -0.447 e. The molecule has 1 fully saturated rings. The Kier molecular flexibility index (Phi) is 4.77. The molecule has 0 aliphatic carbocycles. The summed E-state index contributed by atoms with van der Waals surface area (Å²) in [4.78, 5) is 13.3. The van der Waals surface area contributed by atoms with Gasteiger partial charge < -0.3 is 25.3 Å². The molecule has 1 amide bonds. The van der Waals surface area contributed by atoms with E-state index in [1.807, 2.05) is 0 Å². The van der Waals surface area contributed by atoms with Crippen LogP contribution in [0.3, 0.4) is 0 Å². The second-order valence-corrected chi connectivity index (χ2v) is 4.60. The van der Waals surface area contributed by atoms with E-state index >= 15 is 0 Å². The van der Waals surface area contributed by atoms with E-state index in [0.717, 1.165) is 0 Å². The quantitative estimate of drug-likeness (QED) is 0.337. The van der Waals surface area contributed by atoms with Gasteiger partial charge in [-0.25, -0.2) is 4.79 Å². The zero-order valence-corrected chi connectivity index (χ0v) is 11.0. The Labute approximate surface area is 107 Å². The van der Waals surface area contributed by atoms with Crippen LogP contribution in [0.4, 0.5) is 4.79 Å². The van der Waals surface area contributed by atoms with E-state index in [-0.39, 0.29) is 18.0 Å². The first-order valence-corrected chi connectivity index (χ1v) is 5.94. The second-order valence-electron chi connectivity index (χ2n) is 4.60. The molecule has 0 bridgehead atoms. The Balaban J connectivity index is 2.62. The fourth-order valence-corrected chi connectivity index (χ4v) is 1.98. The summed E-state index contributed by atoms with van der Waals surface area (Å²) in [5, 5.41) is 11.8. The van der Waals surface area contributed by atoms with Crippen molar-refractivity contribution in [2.75, 3.05) is 20.2 Å². The monoisotopic (exact) mass is 259 g/mol. The van der Waals surface area contributed by atoms with Crippen LogP contribution in [0.15, 0.2) is 5.16 Å². The Morgan fingerprint density at radius 3 is 2.39 bits per heavy atom. The third kappa shape index (κ3) is 3.04. The first-order valence-electron chi connectivity index (χ1n) is 5.94. The van der Waals surface area contributed by atoms with Crippen LogP contribution >= 0.6 is 0 Å². The van der Waals surface area contributed by atoms with Crippen LogP contribution in [0.5, 0.6) is 0 Å². The van der Waals surface area contributed by atoms with Crippen LogP contribution < -0.4 is 5.73 Å². The predicted octanol–water partition coefficient (Wildman–Crippen LogP) is 0.759. The van der Waals surface area contributed by atoms with Crippen molar-refractivity contribution in [1.82, 2.24) is 4.90 Å². The molecule has 1 heterocycles. The van der Waals surface area contributed by atoms with Gasteiger partial charge in [0.25, 0.3) is 0 Å². The largest absolute Gasteiger partial charge is 0.447 e. The summed E-state index contributed by atoms with van der Waals surface area (Å²) >= 11 is 0. The van der Waals surface area contributed by atoms with Crippen molar-refractivity contribution < 1.29 is 19.5 Å². The molecule has 0 unspecified atom stereocenters. The number of methoxy groups -OCH3 is 1. The van der Waals surface area contributed by atoms with E-state index in [4.69, 9.17) is 20.4 Å². The van der Waals surface area contributed by atoms with Gasteiger partial charge in [0.1, 0.15) is 5.60 Å². The third-order valence-electron chi connectivity index (χ3n) is 3.13. The zero-order chi connectivity index (χ0) is 13.8. The maximum absolute atomic E-state index is 11.7. The van der Waals surface area contributed by atoms with Crippen LogP contribution in [0.1, 0.15) is 26.7 Å². The van der Waals surface area contributed by atoms with Crippen LogP contribution in [-0.4, -0.2) is 53.9 Å². The summed E-state index contributed by atoms with van der Waals surface area (Å²) < 4.78 is 10.5. The zero-order valence-electron chi connectivity index (χ0n) is 11.0. The average Bonchev–Trinajstić information content (AvgIpc) is 2.37. The maximum Gasteiger partial charge on any atom is 0.410 e. The summed E-state index contributed by atoms with van der Waals surface area (Å²) in [6.45, 7) is 4.51. The number of ether oxygens (including phenoxy) is 2. The van der Waals surface area contributed by atoms with Crippen molar-refractivity contribution in [3.8, 4) is 0 Å². The highest BCUT2D eigenvalue weighted by Gasteiger charge is 2.40. The molecular formula is C11H21N3O4. The number of nitrogens with zero attached hydrogens (tertiary/aromatic N) is 2. The average molecular weight is 259 g/mol. The Morgan fingerprint density at radius 1 is 1.44 bits per heavy atom. The number of nitrogens with two attached hydrogens (primary N) is 1. The highest BCUT2D eigenvalue weighted by Crippen LogP contribution is 2.26. The molecule has 1 saturated heterocycles. The third-order valence-corrected chi connectivity index (χ3v) is 3.13. The summed E-state index contributed by atoms with van der Waals surface area (Å²) in [7, 11) is 1.51. The first-order chi connectivity index (χ1) is 8.45. The smallest absolute Gasteiger partial charge is 0.410 e. The molecule has 0 saturated carbocycles. The SMILES string of the molecule is COC1(C(N)=NO)CCN(C(=O)OC(C)C)CC1. The molecule has 7 heteroatoms. The normalized spacial score (nSPS) is 20.0. The molecule has 1 rings (SSSR count). The van der Waals surface area contributed by atoms with Gasteiger partial charge in [-0.2, -0.15) is 0 Å². The van der Waals surface area contributed by atoms with Gasteiger partial charge in [0.2, 0.25) is 0 Å². The lowest BCUT2D eigenvalue weighted by molar-refractivity contribution is -0.0109. The number of rotatable bonds is 3. The van der Waals surface area contributed by atoms with Gasteiger partial charge in [-0.15, -0.1) is 0 Å². The van der Waals surface area contributed by atoms with Crippen molar-refractivity contribution in [2.45, 2.75) is 38.4 Å². The number of likely N-dealkylation sites (tertiary alicyclic amines) is 1. The predicted molar refractivity (Wildman–Crippen MR) is 65.6 cm³/mol. The molecule has 0 atom stereocenters. The maximum atomic E-state index is 11.7. The molecule has 7 nitrogen and oxygen atoms in total. The van der Waals surface area contributed by atoms with E-state index in [9.17, 15) is 4.79 Å². The van der Waals surface area contributed by atoms with E-state index in [2.05, 4.69) is 5.16 Å². The second kappa shape index (κ2) is 5.90. The number of oxime groups is 1. The van der Waals surface area contributed by atoms with Gasteiger partial charge in [0.05, 0.1) is 6.10 Å². The van der Waals surface area contributed by atoms with Crippen molar-refractivity contribution in [1.29, 1.82) is 0 Å². The molecule has 18 heavy (non-hydrogen) atoms. The number of piperidine rings is 1. The van der Waals surface area contributed by atoms with E-state index < -0.39 is 5.60 Å². The number of carbonyl (C=O) groups is 1. The topological polar surface area (TPSA) is 97.4 Å². The minimum absolute atomic E-state index is 0.0434. The lowest BCUT2D eigenvalue weighted by Crippen LogP contribution is -2.54. The standard InChI is InChI=1S/C11H21N3O4/c1-8(2)18-10(15)14-6-4-11(17-3,5-7-14)9(12)13-16/h8,16H,4-7H2,1-3H3,(H2,12,13). The fourth-order valence-electron chi connectivity index (χ4n) is 1.98. The summed E-state index contributed by atoms with van der Waals surface area (Å²) in [5.74, 6) is 0.0434. The van der Waals surface area contributed by atoms with Crippen molar-refractivity contribution in [3.63, 3.8) is 0 Å². The van der Waals surface area contributed by atoms with Crippen molar-refractivity contribution >= 4 is 11.9 Å². The molecule has 0 aromatic rings. The number of hydrogen-bond acceptors (Lipinski definition) is 5. The van der Waals surface area contributed by atoms with Gasteiger partial charge in [0, 0.05) is 33.0 Å². The summed E-state index contributed by atoms with van der Waals surface area (Å²) in [6, 6.07) is 0. The number of hydrogen-bond donors (Lipinski definition) is 2. The van der Waals surface area contributed by atoms with Crippen LogP contribution in [0, 0.1) is 0 Å². The van der Waals surface area contributed by atoms with Gasteiger partial charge in [-0.3, -0.25) is 0 Å². The highest BCUT2D eigenvalue weighted by atomic mass is 16.6. The van der Waals surface area contributed by atoms with E-state index in [1.54, 1.807) is 18.7 Å². The van der Waals surface area contributed by atoms with Gasteiger partial charge in [0.15, 0.2) is 5.84 Å². The fraction of sp³-hybridized carbons (Fsp3) is 0.818. The van der Waals surface area contributed by atoms with Gasteiger partial charge in [-0.05, 0) is 13.8 Å². The van der Waals surface area contributed by atoms with Crippen LogP contribution in [0.2, 0.25) is 0 Å². The molecule has 0 spiro atoms. The first kappa shape index (κ1) is 14.6. The van der Waals surface area contributed by atoms with Crippen molar-refractivity contribution in [2.24, 2.45) is 10.9 Å². The molecule has 0 radical (unpaired) electrons. The molecule has 0 aromatic heterocycles. The van der Waals surface area contributed by atoms with Crippen LogP contribution in [-0.2, 0) is 9.47 Å². The molecule has 104 valence electrons. The summed E-state index contributed by atoms with van der Waals surface area (Å²) in [5.41, 5.74) is 4.85.